The zero-order valence-corrected chi connectivity index (χ0v) is 14.8. The van der Waals surface area contributed by atoms with Crippen LogP contribution >= 0.6 is 43.6 Å². The van der Waals surface area contributed by atoms with Gasteiger partial charge >= 0.3 is 14.0 Å². The first-order valence-electron chi connectivity index (χ1n) is 5.94. The van der Waals surface area contributed by atoms with Crippen LogP contribution in [0, 0.1) is 0 Å². The molecule has 1 aromatic rings. The van der Waals surface area contributed by atoms with Crippen LogP contribution in [0.1, 0.15) is 6.92 Å². The van der Waals surface area contributed by atoms with E-state index in [0.717, 1.165) is 0 Å². The summed E-state index contributed by atoms with van der Waals surface area (Å²) < 4.78 is 4.52. The van der Waals surface area contributed by atoms with Crippen molar-refractivity contribution in [2.45, 2.75) is 32.9 Å². The van der Waals surface area contributed by atoms with E-state index in [1.165, 1.54) is 16.7 Å². The Labute approximate surface area is 142 Å². The van der Waals surface area contributed by atoms with E-state index < -0.39 is 20.0 Å². The molecule has 0 saturated carbocycles. The van der Waals surface area contributed by atoms with Crippen LogP contribution in [0.15, 0.2) is 12.4 Å². The first-order valence-corrected chi connectivity index (χ1v) is 8.41. The molecule has 2 aliphatic rings. The number of hydrogen-bond donors (Lipinski definition) is 0. The number of rotatable bonds is 3. The van der Waals surface area contributed by atoms with E-state index in [1.54, 1.807) is 17.1 Å². The zero-order valence-electron chi connectivity index (χ0n) is 10.8. The first-order chi connectivity index (χ1) is 9.81. The molecule has 2 aliphatic heterocycles. The highest BCUT2D eigenvalue weighted by atomic mass is 79.9. The Morgan fingerprint density at radius 3 is 2.90 bits per heavy atom. The second-order valence-electron chi connectivity index (χ2n) is 5.06. The van der Waals surface area contributed by atoms with Gasteiger partial charge in [0.1, 0.15) is 11.4 Å². The van der Waals surface area contributed by atoms with Gasteiger partial charge in [-0.1, -0.05) is 37.1 Å². The van der Waals surface area contributed by atoms with Gasteiger partial charge in [0.15, 0.2) is 3.23 Å². The highest BCUT2D eigenvalue weighted by Crippen LogP contribution is 2.60. The molecule has 3 heterocycles. The third-order valence-corrected chi connectivity index (χ3v) is 7.45. The number of β-lactam (4-membered cyclic amide) rings is 1. The number of carbonyl (C=O) groups excluding carboxylic acids is 2. The largest absolute Gasteiger partial charge is 0.542 e. The number of alkyl halides is 2. The van der Waals surface area contributed by atoms with Crippen molar-refractivity contribution in [3.8, 4) is 0 Å². The first kappa shape index (κ1) is 15.4. The van der Waals surface area contributed by atoms with Gasteiger partial charge in [-0.3, -0.25) is 14.3 Å². The molecule has 0 aliphatic carbocycles. The van der Waals surface area contributed by atoms with Crippen LogP contribution in [0.2, 0.25) is 0 Å². The molecule has 3 rings (SSSR count). The van der Waals surface area contributed by atoms with E-state index in [9.17, 15) is 9.59 Å². The van der Waals surface area contributed by atoms with E-state index in [4.69, 9.17) is 8.05 Å². The number of thioether (sulfide) groups is 1. The smallest absolute Gasteiger partial charge is 0.378 e. The van der Waals surface area contributed by atoms with Gasteiger partial charge < -0.3 is 9.55 Å². The highest BCUT2D eigenvalue weighted by molar-refractivity contribution is 9.26. The van der Waals surface area contributed by atoms with Gasteiger partial charge in [0.2, 0.25) is 0 Å². The van der Waals surface area contributed by atoms with Crippen LogP contribution < -0.4 is 0 Å². The Morgan fingerprint density at radius 1 is 1.62 bits per heavy atom. The lowest BCUT2D eigenvalue weighted by molar-refractivity contribution is -0.155. The quantitative estimate of drug-likeness (QED) is 0.389. The van der Waals surface area contributed by atoms with Crippen molar-refractivity contribution >= 4 is 63.5 Å². The van der Waals surface area contributed by atoms with Gasteiger partial charge in [-0.2, -0.15) is 0 Å². The molecule has 7 nitrogen and oxygen atoms in total. The monoisotopic (exact) mass is 434 g/mol. The van der Waals surface area contributed by atoms with Crippen molar-refractivity contribution < 1.29 is 14.2 Å². The maximum atomic E-state index is 12.2. The van der Waals surface area contributed by atoms with Crippen molar-refractivity contribution in [3.63, 3.8) is 0 Å². The fraction of sp³-hybridized carbons (Fsp3) is 0.600. The third-order valence-electron chi connectivity index (χ3n) is 3.61. The lowest BCUT2D eigenvalue weighted by atomic mass is 9.96. The Hall–Kier alpha value is -0.545. The number of nitrogens with zero attached hydrogens (tertiary/aromatic N) is 4. The summed E-state index contributed by atoms with van der Waals surface area (Å²) in [4.78, 5) is 25.8. The molecule has 1 aromatic heterocycles. The van der Waals surface area contributed by atoms with Crippen molar-refractivity contribution in [3.05, 3.63) is 12.4 Å². The lowest BCUT2D eigenvalue weighted by Gasteiger charge is -2.46. The SMILES string of the molecule is [B]OC(=O)C1N2C(=O)C(Br)(Br)C2SC1(C)Cn1ccnn1. The highest BCUT2D eigenvalue weighted by Gasteiger charge is 2.71. The molecule has 0 spiro atoms. The van der Waals surface area contributed by atoms with Crippen molar-refractivity contribution in [2.75, 3.05) is 0 Å². The topological polar surface area (TPSA) is 77.3 Å². The Balaban J connectivity index is 1.95. The number of hydrogen-bond acceptors (Lipinski definition) is 6. The van der Waals surface area contributed by atoms with E-state index in [1.807, 2.05) is 6.92 Å². The van der Waals surface area contributed by atoms with Crippen LogP contribution in [0.4, 0.5) is 0 Å². The van der Waals surface area contributed by atoms with Crippen LogP contribution in [0.5, 0.6) is 0 Å². The van der Waals surface area contributed by atoms with Gasteiger partial charge in [0.05, 0.1) is 17.5 Å². The minimum absolute atomic E-state index is 0.224. The maximum absolute atomic E-state index is 12.2. The number of halogens is 2. The Bertz CT molecular complexity index is 601. The van der Waals surface area contributed by atoms with Crippen LogP contribution in [0.25, 0.3) is 0 Å². The fourth-order valence-electron chi connectivity index (χ4n) is 2.68. The average Bonchev–Trinajstić information content (AvgIpc) is 3.03. The van der Waals surface area contributed by atoms with Crippen LogP contribution in [0.3, 0.4) is 0 Å². The predicted molar refractivity (Wildman–Crippen MR) is 82.9 cm³/mol. The second kappa shape index (κ2) is 4.99. The summed E-state index contributed by atoms with van der Waals surface area (Å²) in [6, 6.07) is -0.780. The number of fused-ring (bicyclic) bond motifs is 1. The number of carbonyl (C=O) groups is 2. The van der Waals surface area contributed by atoms with E-state index in [0.29, 0.717) is 6.54 Å². The molecule has 0 bridgehead atoms. The Morgan fingerprint density at radius 2 is 2.33 bits per heavy atom. The van der Waals surface area contributed by atoms with Gasteiger partial charge in [0, 0.05) is 6.20 Å². The molecule has 3 unspecified atom stereocenters. The summed E-state index contributed by atoms with van der Waals surface area (Å²) in [5.74, 6) is -0.866. The third kappa shape index (κ3) is 2.15. The molecule has 1 amide bonds. The van der Waals surface area contributed by atoms with Crippen LogP contribution in [-0.2, 0) is 20.8 Å². The van der Waals surface area contributed by atoms with Gasteiger partial charge in [-0.05, 0) is 6.92 Å². The van der Waals surface area contributed by atoms with Crippen molar-refractivity contribution in [2.24, 2.45) is 0 Å². The maximum Gasteiger partial charge on any atom is 0.378 e. The Kier molecular flexibility index (Phi) is 3.65. The summed E-state index contributed by atoms with van der Waals surface area (Å²) >= 11 is 8.19. The molecule has 2 fully saturated rings. The predicted octanol–water partition coefficient (Wildman–Crippen LogP) is 0.433. The normalized spacial score (nSPS) is 33.5. The minimum Gasteiger partial charge on any atom is -0.542 e. The number of aromatic nitrogens is 3. The summed E-state index contributed by atoms with van der Waals surface area (Å²) in [6.45, 7) is 2.27. The fourth-order valence-corrected chi connectivity index (χ4v) is 5.73. The summed E-state index contributed by atoms with van der Waals surface area (Å²) in [5, 5.41) is 7.43. The molecule has 11 heteroatoms. The van der Waals surface area contributed by atoms with E-state index in [-0.39, 0.29) is 11.3 Å². The minimum atomic E-state index is -0.863. The summed E-state index contributed by atoms with van der Waals surface area (Å²) in [5.41, 5.74) is 0. The lowest BCUT2D eigenvalue weighted by Crippen LogP contribution is -2.68. The average molecular weight is 436 g/mol. The standard InChI is InChI=1S/C10H9BBr2N4O3S/c1-9(4-16-3-2-14-15-16)5(6(18)20-11)17-7(19)10(12,13)8(17)21-9/h2-3,5,8H,4H2,1H3. The molecule has 0 aromatic carbocycles. The van der Waals surface area contributed by atoms with E-state index in [2.05, 4.69) is 46.8 Å². The molecule has 3 atom stereocenters. The molecular formula is C10H9BBr2N4O3S. The molecule has 2 radical (unpaired) electrons. The van der Waals surface area contributed by atoms with Crippen LogP contribution in [-0.4, -0.2) is 59.2 Å². The van der Waals surface area contributed by atoms with Gasteiger partial charge in [-0.15, -0.1) is 16.9 Å². The van der Waals surface area contributed by atoms with Crippen molar-refractivity contribution in [1.29, 1.82) is 0 Å². The molecule has 110 valence electrons. The molecule has 21 heavy (non-hydrogen) atoms. The van der Waals surface area contributed by atoms with Gasteiger partial charge in [-0.25, -0.2) is 0 Å². The van der Waals surface area contributed by atoms with E-state index >= 15 is 0 Å². The molecule has 0 N–H and O–H groups in total. The summed E-state index contributed by atoms with van der Waals surface area (Å²) in [6.07, 6.45) is 3.25. The second-order valence-corrected chi connectivity index (χ2v) is 10.2. The molecular weight excluding hydrogens is 427 g/mol. The number of amides is 1. The van der Waals surface area contributed by atoms with Gasteiger partial charge in [0.25, 0.3) is 5.91 Å². The zero-order chi connectivity index (χ0) is 15.4. The van der Waals surface area contributed by atoms with Crippen molar-refractivity contribution in [1.82, 2.24) is 19.9 Å². The summed E-state index contributed by atoms with van der Waals surface area (Å²) in [7, 11) is 5.04. The molecule has 2 saturated heterocycles.